The molecule has 12 atom stereocenters. The minimum absolute atomic E-state index is 0.251. The van der Waals surface area contributed by atoms with Crippen LogP contribution in [0.3, 0.4) is 0 Å². The standard InChI is InChI=1S/C70H115NO13/c1-3-5-7-9-11-13-15-17-19-20-21-22-23-24-25-26-27-28-29-30-31-32-33-34-35-36-37-38-40-42-44-46-48-50-52-54-62(75)71-58(59(74)53-51-49-47-45-43-41-39-18-16-14-12-10-8-6-4-2)57-81-69-67(80)65(78)68(61(56-73)83-69)84-70-66(79)64(77)63(76)60(55-72)82-70/h5,7,11,13,17,19,21-22,24-25,27-28,30-31,33-34,36-37,43,45,51,53,58-61,63-70,72-74,76-80H,3-4,6,8-10,12,14-16,18,20,23,26,29,32,35,38-42,44,46-50,52,54-57H2,1-2H3,(H,71,75)/b7-5-,13-11-,19-17-,22-21-,25-24-,28-27-,31-30-,34-33-,37-36-,45-43+,53-51+. The molecule has 478 valence electrons. The summed E-state index contributed by atoms with van der Waals surface area (Å²) in [5.74, 6) is -0.267. The second-order valence-corrected chi connectivity index (χ2v) is 22.1. The molecule has 0 aromatic rings. The van der Waals surface area contributed by atoms with Gasteiger partial charge < -0.3 is 65.1 Å². The number of hydrogen-bond acceptors (Lipinski definition) is 13. The maximum atomic E-state index is 13.3. The SMILES string of the molecule is CC/C=C\C/C=C\C/C=C\C/C=C\C/C=C\C/C=C\C/C=C\C/C=C\C/C=C\CCCCCCCCCC(=O)NC(COC1OC(CO)C(OC2OC(CO)C(O)C(O)C2O)C(O)C1O)C(O)/C=C/CC/C=C/CCCCCCCCCCC. The van der Waals surface area contributed by atoms with E-state index in [0.717, 1.165) is 116 Å². The second kappa shape index (κ2) is 53.4. The molecule has 84 heavy (non-hydrogen) atoms. The van der Waals surface area contributed by atoms with Crippen LogP contribution in [0.25, 0.3) is 0 Å². The van der Waals surface area contributed by atoms with E-state index < -0.39 is 86.8 Å². The lowest BCUT2D eigenvalue weighted by atomic mass is 9.97. The minimum Gasteiger partial charge on any atom is -0.394 e. The van der Waals surface area contributed by atoms with Crippen molar-refractivity contribution in [1.82, 2.24) is 5.32 Å². The molecule has 0 spiro atoms. The summed E-state index contributed by atoms with van der Waals surface area (Å²) in [7, 11) is 0. The van der Waals surface area contributed by atoms with Gasteiger partial charge in [0, 0.05) is 6.42 Å². The average Bonchev–Trinajstić information content (AvgIpc) is 3.23. The number of unbranched alkanes of at least 4 members (excludes halogenated alkanes) is 17. The fraction of sp³-hybridized carbons (Fsp3) is 0.671. The van der Waals surface area contributed by atoms with E-state index in [2.05, 4.69) is 141 Å². The van der Waals surface area contributed by atoms with E-state index in [-0.39, 0.29) is 18.9 Å². The number of amides is 1. The summed E-state index contributed by atoms with van der Waals surface area (Å²) in [6.07, 6.45) is 62.1. The topological polar surface area (TPSA) is 228 Å². The van der Waals surface area contributed by atoms with E-state index in [9.17, 15) is 45.6 Å². The van der Waals surface area contributed by atoms with Crippen molar-refractivity contribution >= 4 is 5.91 Å². The second-order valence-electron chi connectivity index (χ2n) is 22.1. The summed E-state index contributed by atoms with van der Waals surface area (Å²) in [6.45, 7) is 2.63. The maximum Gasteiger partial charge on any atom is 0.220 e. The molecular formula is C70H115NO13. The normalized spacial score (nSPS) is 24.6. The molecule has 1 amide bonds. The minimum atomic E-state index is -1.80. The number of allylic oxidation sites excluding steroid dienone is 21. The number of carbonyl (C=O) groups is 1. The Morgan fingerprint density at radius 3 is 1.31 bits per heavy atom. The number of aliphatic hydroxyl groups is 8. The van der Waals surface area contributed by atoms with Gasteiger partial charge in [0.05, 0.1) is 32.0 Å². The highest BCUT2D eigenvalue weighted by atomic mass is 16.7. The molecule has 0 bridgehead atoms. The summed E-state index contributed by atoms with van der Waals surface area (Å²) >= 11 is 0. The predicted octanol–water partition coefficient (Wildman–Crippen LogP) is 12.3. The van der Waals surface area contributed by atoms with Crippen LogP contribution in [0.2, 0.25) is 0 Å². The molecule has 2 aliphatic heterocycles. The van der Waals surface area contributed by atoms with Crippen LogP contribution in [-0.4, -0.2) is 140 Å². The van der Waals surface area contributed by atoms with Crippen molar-refractivity contribution in [3.05, 3.63) is 134 Å². The van der Waals surface area contributed by atoms with Gasteiger partial charge >= 0.3 is 0 Å². The lowest BCUT2D eigenvalue weighted by molar-refractivity contribution is -0.359. The Balaban J connectivity index is 1.69. The molecule has 0 aliphatic carbocycles. The van der Waals surface area contributed by atoms with Crippen LogP contribution in [0.1, 0.15) is 206 Å². The fourth-order valence-corrected chi connectivity index (χ4v) is 9.65. The van der Waals surface area contributed by atoms with Crippen LogP contribution in [0.15, 0.2) is 134 Å². The number of carbonyl (C=O) groups excluding carboxylic acids is 1. The highest BCUT2D eigenvalue weighted by Crippen LogP contribution is 2.30. The van der Waals surface area contributed by atoms with Crippen LogP contribution in [0.4, 0.5) is 0 Å². The van der Waals surface area contributed by atoms with Crippen LogP contribution < -0.4 is 5.32 Å². The molecule has 9 N–H and O–H groups in total. The quantitative estimate of drug-likeness (QED) is 0.0204. The van der Waals surface area contributed by atoms with Crippen molar-refractivity contribution < 1.29 is 64.6 Å². The highest BCUT2D eigenvalue weighted by Gasteiger charge is 2.51. The summed E-state index contributed by atoms with van der Waals surface area (Å²) in [6, 6.07) is -0.947. The Morgan fingerprint density at radius 1 is 0.440 bits per heavy atom. The van der Waals surface area contributed by atoms with Gasteiger partial charge in [0.25, 0.3) is 0 Å². The number of nitrogens with one attached hydrogen (secondary N) is 1. The number of rotatable bonds is 50. The first kappa shape index (κ1) is 76.2. The van der Waals surface area contributed by atoms with Crippen molar-refractivity contribution in [2.24, 2.45) is 0 Å². The average molecular weight is 1180 g/mol. The van der Waals surface area contributed by atoms with E-state index >= 15 is 0 Å². The molecule has 2 fully saturated rings. The summed E-state index contributed by atoms with van der Waals surface area (Å²) < 4.78 is 22.8. The van der Waals surface area contributed by atoms with Crippen molar-refractivity contribution in [1.29, 1.82) is 0 Å². The van der Waals surface area contributed by atoms with Gasteiger partial charge in [0.1, 0.15) is 48.8 Å². The van der Waals surface area contributed by atoms with E-state index in [0.29, 0.717) is 12.8 Å². The number of hydrogen-bond donors (Lipinski definition) is 9. The van der Waals surface area contributed by atoms with Gasteiger partial charge in [-0.05, 0) is 103 Å². The Morgan fingerprint density at radius 2 is 0.833 bits per heavy atom. The molecule has 0 aromatic carbocycles. The summed E-state index contributed by atoms with van der Waals surface area (Å²) in [5, 5.41) is 87.1. The zero-order valence-electron chi connectivity index (χ0n) is 51.6. The van der Waals surface area contributed by atoms with Crippen molar-refractivity contribution in [3.8, 4) is 0 Å². The van der Waals surface area contributed by atoms with Crippen molar-refractivity contribution in [2.75, 3.05) is 19.8 Å². The van der Waals surface area contributed by atoms with E-state index in [4.69, 9.17) is 18.9 Å². The Hall–Kier alpha value is -3.87. The monoisotopic (exact) mass is 1180 g/mol. The summed E-state index contributed by atoms with van der Waals surface area (Å²) in [5.41, 5.74) is 0. The van der Waals surface area contributed by atoms with Gasteiger partial charge in [-0.25, -0.2) is 0 Å². The molecular weight excluding hydrogens is 1060 g/mol. The van der Waals surface area contributed by atoms with Crippen molar-refractivity contribution in [3.63, 3.8) is 0 Å². The maximum absolute atomic E-state index is 13.3. The first-order valence-corrected chi connectivity index (χ1v) is 32.4. The Bertz CT molecular complexity index is 1920. The summed E-state index contributed by atoms with van der Waals surface area (Å²) in [4.78, 5) is 13.3. The molecule has 2 aliphatic rings. The van der Waals surface area contributed by atoms with Gasteiger partial charge in [-0.15, -0.1) is 0 Å². The van der Waals surface area contributed by atoms with E-state index in [1.54, 1.807) is 6.08 Å². The number of aliphatic hydroxyl groups excluding tert-OH is 8. The smallest absolute Gasteiger partial charge is 0.220 e. The first-order chi connectivity index (χ1) is 41.1. The van der Waals surface area contributed by atoms with Crippen LogP contribution in [-0.2, 0) is 23.7 Å². The van der Waals surface area contributed by atoms with E-state index in [1.807, 2.05) is 6.08 Å². The van der Waals surface area contributed by atoms with Crippen LogP contribution in [0, 0.1) is 0 Å². The van der Waals surface area contributed by atoms with Gasteiger partial charge in [0.15, 0.2) is 12.6 Å². The zero-order valence-corrected chi connectivity index (χ0v) is 51.6. The number of ether oxygens (including phenoxy) is 4. The molecule has 2 heterocycles. The highest BCUT2D eigenvalue weighted by molar-refractivity contribution is 5.76. The lowest BCUT2D eigenvalue weighted by Gasteiger charge is -2.46. The Labute approximate surface area is 507 Å². The molecule has 12 unspecified atom stereocenters. The third-order valence-corrected chi connectivity index (χ3v) is 14.8. The zero-order chi connectivity index (χ0) is 60.9. The molecule has 2 saturated heterocycles. The van der Waals surface area contributed by atoms with Crippen LogP contribution in [0.5, 0.6) is 0 Å². The van der Waals surface area contributed by atoms with E-state index in [1.165, 1.54) is 57.8 Å². The molecule has 0 radical (unpaired) electrons. The van der Waals surface area contributed by atoms with Gasteiger partial charge in [-0.3, -0.25) is 4.79 Å². The predicted molar refractivity (Wildman–Crippen MR) is 341 cm³/mol. The first-order valence-electron chi connectivity index (χ1n) is 32.4. The van der Waals surface area contributed by atoms with Crippen molar-refractivity contribution in [2.45, 2.75) is 280 Å². The molecule has 14 heteroatoms. The molecule has 14 nitrogen and oxygen atoms in total. The van der Waals surface area contributed by atoms with Gasteiger partial charge in [0.2, 0.25) is 5.91 Å². The Kier molecular flexibility index (Phi) is 48.4. The lowest BCUT2D eigenvalue weighted by Crippen LogP contribution is -2.65. The molecule has 0 saturated carbocycles. The van der Waals surface area contributed by atoms with Gasteiger partial charge in [-0.2, -0.15) is 0 Å². The third kappa shape index (κ3) is 37.6. The third-order valence-electron chi connectivity index (χ3n) is 14.8. The largest absolute Gasteiger partial charge is 0.394 e. The van der Waals surface area contributed by atoms with Crippen LogP contribution >= 0.6 is 0 Å². The molecule has 2 rings (SSSR count). The fourth-order valence-electron chi connectivity index (χ4n) is 9.65. The van der Waals surface area contributed by atoms with Gasteiger partial charge in [-0.1, -0.05) is 231 Å². The molecule has 0 aromatic heterocycles.